The number of carbonyl (C=O) groups excluding carboxylic acids is 2. The molecule has 0 bridgehead atoms. The second-order valence-corrected chi connectivity index (χ2v) is 7.99. The summed E-state index contributed by atoms with van der Waals surface area (Å²) in [6.07, 6.45) is 1.42. The van der Waals surface area contributed by atoms with Gasteiger partial charge in [-0.2, -0.15) is 5.10 Å². The molecule has 0 aliphatic rings. The molecule has 0 saturated carbocycles. The highest BCUT2D eigenvalue weighted by Crippen LogP contribution is 2.19. The summed E-state index contributed by atoms with van der Waals surface area (Å²) in [6.45, 7) is 4.36. The minimum absolute atomic E-state index is 0.0884. The van der Waals surface area contributed by atoms with Crippen LogP contribution in [0.2, 0.25) is 5.02 Å². The average molecular weight is 435 g/mol. The molecule has 0 aliphatic heterocycles. The van der Waals surface area contributed by atoms with Crippen LogP contribution in [-0.2, 0) is 4.79 Å². The zero-order valence-corrected chi connectivity index (χ0v) is 17.3. The van der Waals surface area contributed by atoms with Gasteiger partial charge in [-0.25, -0.2) is 14.5 Å². The van der Waals surface area contributed by atoms with Crippen molar-refractivity contribution in [3.05, 3.63) is 45.8 Å². The summed E-state index contributed by atoms with van der Waals surface area (Å²) in [7, 11) is 0. The molecule has 29 heavy (non-hydrogen) atoms. The van der Waals surface area contributed by atoms with Crippen LogP contribution in [-0.4, -0.2) is 44.0 Å². The smallest absolute Gasteiger partial charge is 0.321 e. The first-order valence-electron chi connectivity index (χ1n) is 8.78. The number of amides is 3. The summed E-state index contributed by atoms with van der Waals surface area (Å²) < 4.78 is 1.50. The number of benzene rings is 1. The molecule has 0 fully saturated rings. The highest BCUT2D eigenvalue weighted by atomic mass is 35.5. The molecule has 0 radical (unpaired) electrons. The Bertz CT molecular complexity index is 1110. The van der Waals surface area contributed by atoms with Gasteiger partial charge in [0.1, 0.15) is 5.39 Å². The number of rotatable bonds is 6. The summed E-state index contributed by atoms with van der Waals surface area (Å²) >= 11 is 7.04. The molecule has 11 heteroatoms. The second kappa shape index (κ2) is 9.10. The first-order valence-corrected chi connectivity index (χ1v) is 10.1. The molecule has 152 valence electrons. The maximum absolute atomic E-state index is 12.3. The van der Waals surface area contributed by atoms with E-state index in [1.165, 1.54) is 10.9 Å². The normalized spacial score (nSPS) is 11.0. The predicted octanol–water partition coefficient (Wildman–Crippen LogP) is 2.34. The Labute approximate surface area is 175 Å². The van der Waals surface area contributed by atoms with Crippen molar-refractivity contribution in [1.29, 1.82) is 0 Å². The van der Waals surface area contributed by atoms with Crippen LogP contribution in [0.4, 0.5) is 4.79 Å². The Kier molecular flexibility index (Phi) is 6.55. The van der Waals surface area contributed by atoms with E-state index in [9.17, 15) is 14.4 Å². The zero-order valence-electron chi connectivity index (χ0n) is 15.7. The maximum Gasteiger partial charge on any atom is 0.321 e. The van der Waals surface area contributed by atoms with Gasteiger partial charge in [0.05, 0.1) is 17.6 Å². The number of halogens is 1. The number of urea groups is 1. The van der Waals surface area contributed by atoms with Gasteiger partial charge in [0.25, 0.3) is 5.56 Å². The fraction of sp³-hybridized carbons (Fsp3) is 0.278. The monoisotopic (exact) mass is 434 g/mol. The quantitative estimate of drug-likeness (QED) is 0.404. The number of nitrogens with one attached hydrogen (secondary N) is 3. The molecular weight excluding hydrogens is 416 g/mol. The second-order valence-electron chi connectivity index (χ2n) is 6.59. The zero-order chi connectivity index (χ0) is 21.0. The lowest BCUT2D eigenvalue weighted by Gasteiger charge is -2.08. The van der Waals surface area contributed by atoms with E-state index in [2.05, 4.69) is 25.7 Å². The largest absolute Gasteiger partial charge is 0.338 e. The summed E-state index contributed by atoms with van der Waals surface area (Å²) in [5.74, 6) is -0.313. The maximum atomic E-state index is 12.3. The van der Waals surface area contributed by atoms with Gasteiger partial charge in [0, 0.05) is 11.6 Å². The number of carbonyl (C=O) groups is 2. The number of nitrogens with zero attached hydrogens (tertiary/aromatic N) is 3. The average Bonchev–Trinajstić information content (AvgIpc) is 3.09. The van der Waals surface area contributed by atoms with Crippen molar-refractivity contribution >= 4 is 46.3 Å². The van der Waals surface area contributed by atoms with Crippen molar-refractivity contribution in [2.75, 3.05) is 12.3 Å². The molecule has 0 spiro atoms. The van der Waals surface area contributed by atoms with Crippen LogP contribution in [0.3, 0.4) is 0 Å². The van der Waals surface area contributed by atoms with E-state index < -0.39 is 11.9 Å². The summed E-state index contributed by atoms with van der Waals surface area (Å²) in [4.78, 5) is 42.9. The molecule has 2 aromatic heterocycles. The molecule has 0 atom stereocenters. The van der Waals surface area contributed by atoms with E-state index in [0.29, 0.717) is 28.3 Å². The number of hydrogen-bond donors (Lipinski definition) is 3. The lowest BCUT2D eigenvalue weighted by atomic mass is 10.2. The van der Waals surface area contributed by atoms with Gasteiger partial charge < -0.3 is 10.3 Å². The topological polar surface area (TPSA) is 122 Å². The van der Waals surface area contributed by atoms with Crippen LogP contribution in [0.25, 0.3) is 16.7 Å². The van der Waals surface area contributed by atoms with E-state index in [0.717, 1.165) is 11.8 Å². The Hall–Kier alpha value is -2.85. The number of aromatic nitrogens is 4. The SMILES string of the molecule is CC(C)CNC(=O)NC(=O)CSc1nc2c(cnn2-c2cccc(Cl)c2)c(=O)[nH]1. The first kappa shape index (κ1) is 20.9. The number of aromatic amines is 1. The molecule has 0 saturated heterocycles. The van der Waals surface area contributed by atoms with Crippen LogP contribution in [0.1, 0.15) is 13.8 Å². The van der Waals surface area contributed by atoms with Gasteiger partial charge in [-0.1, -0.05) is 43.3 Å². The van der Waals surface area contributed by atoms with Crippen molar-refractivity contribution in [3.8, 4) is 5.69 Å². The van der Waals surface area contributed by atoms with E-state index in [-0.39, 0.29) is 22.4 Å². The molecule has 2 heterocycles. The summed E-state index contributed by atoms with van der Waals surface area (Å²) in [5, 5.41) is 10.1. The van der Waals surface area contributed by atoms with Crippen LogP contribution in [0, 0.1) is 5.92 Å². The van der Waals surface area contributed by atoms with Gasteiger partial charge in [-0.15, -0.1) is 0 Å². The van der Waals surface area contributed by atoms with Gasteiger partial charge in [-0.3, -0.25) is 14.9 Å². The fourth-order valence-corrected chi connectivity index (χ4v) is 3.24. The molecule has 3 aromatic rings. The van der Waals surface area contributed by atoms with Crippen molar-refractivity contribution in [1.82, 2.24) is 30.4 Å². The Morgan fingerprint density at radius 3 is 2.86 bits per heavy atom. The highest BCUT2D eigenvalue weighted by Gasteiger charge is 2.14. The summed E-state index contributed by atoms with van der Waals surface area (Å²) in [6, 6.07) is 6.43. The molecule has 3 N–H and O–H groups in total. The molecule has 9 nitrogen and oxygen atoms in total. The number of hydrogen-bond acceptors (Lipinski definition) is 6. The minimum atomic E-state index is -0.555. The molecular formula is C18H19ClN6O3S. The van der Waals surface area contributed by atoms with Crippen LogP contribution in [0.15, 0.2) is 40.4 Å². The third-order valence-electron chi connectivity index (χ3n) is 3.73. The number of imide groups is 1. The van der Waals surface area contributed by atoms with Crippen molar-refractivity contribution < 1.29 is 9.59 Å². The van der Waals surface area contributed by atoms with Crippen molar-refractivity contribution in [3.63, 3.8) is 0 Å². The first-order chi connectivity index (χ1) is 13.8. The van der Waals surface area contributed by atoms with Crippen LogP contribution < -0.4 is 16.2 Å². The molecule has 3 rings (SSSR count). The number of H-pyrrole nitrogens is 1. The van der Waals surface area contributed by atoms with Crippen molar-refractivity contribution in [2.24, 2.45) is 5.92 Å². The lowest BCUT2D eigenvalue weighted by molar-refractivity contribution is -0.117. The highest BCUT2D eigenvalue weighted by molar-refractivity contribution is 7.99. The van der Waals surface area contributed by atoms with E-state index in [1.807, 2.05) is 13.8 Å². The van der Waals surface area contributed by atoms with Gasteiger partial charge >= 0.3 is 6.03 Å². The predicted molar refractivity (Wildman–Crippen MR) is 112 cm³/mol. The lowest BCUT2D eigenvalue weighted by Crippen LogP contribution is -2.41. The summed E-state index contributed by atoms with van der Waals surface area (Å²) in [5.41, 5.74) is 0.621. The fourth-order valence-electron chi connectivity index (χ4n) is 2.40. The van der Waals surface area contributed by atoms with Crippen LogP contribution >= 0.6 is 23.4 Å². The van der Waals surface area contributed by atoms with Gasteiger partial charge in [0.2, 0.25) is 5.91 Å². The minimum Gasteiger partial charge on any atom is -0.338 e. The van der Waals surface area contributed by atoms with Crippen LogP contribution in [0.5, 0.6) is 0 Å². The molecule has 1 aromatic carbocycles. The van der Waals surface area contributed by atoms with E-state index in [1.54, 1.807) is 24.3 Å². The molecule has 0 unspecified atom stereocenters. The van der Waals surface area contributed by atoms with Crippen molar-refractivity contribution in [2.45, 2.75) is 19.0 Å². The molecule has 0 aliphatic carbocycles. The van der Waals surface area contributed by atoms with Gasteiger partial charge in [-0.05, 0) is 24.1 Å². The number of thioether (sulfide) groups is 1. The van der Waals surface area contributed by atoms with Gasteiger partial charge in [0.15, 0.2) is 10.8 Å². The Morgan fingerprint density at radius 1 is 1.34 bits per heavy atom. The van der Waals surface area contributed by atoms with E-state index >= 15 is 0 Å². The number of fused-ring (bicyclic) bond motifs is 1. The third kappa shape index (κ3) is 5.36. The van der Waals surface area contributed by atoms with E-state index in [4.69, 9.17) is 11.6 Å². The standard InChI is InChI=1S/C18H19ClN6O3S/c1-10(2)7-20-17(28)22-14(26)9-29-18-23-15-13(16(27)24-18)8-21-25(15)12-5-3-4-11(19)6-12/h3-6,8,10H,7,9H2,1-2H3,(H,23,24,27)(H2,20,22,26,28). The third-order valence-corrected chi connectivity index (χ3v) is 4.84. The Morgan fingerprint density at radius 2 is 2.14 bits per heavy atom. The Balaban J connectivity index is 1.74. The molecule has 3 amide bonds.